The summed E-state index contributed by atoms with van der Waals surface area (Å²) in [6, 6.07) is 8.72. The molecule has 3 aromatic rings. The van der Waals surface area contributed by atoms with Gasteiger partial charge < -0.3 is 9.80 Å². The summed E-state index contributed by atoms with van der Waals surface area (Å²) in [7, 11) is -3.69. The van der Waals surface area contributed by atoms with Crippen LogP contribution in [0.25, 0.3) is 10.2 Å². The van der Waals surface area contributed by atoms with Crippen LogP contribution in [0, 0.1) is 18.7 Å². The van der Waals surface area contributed by atoms with Crippen molar-refractivity contribution < 1.29 is 17.6 Å². The summed E-state index contributed by atoms with van der Waals surface area (Å²) in [6.45, 7) is 5.18. The molecule has 0 aliphatic carbocycles. The van der Waals surface area contributed by atoms with Crippen LogP contribution in [-0.4, -0.2) is 67.8 Å². The fourth-order valence-electron chi connectivity index (χ4n) is 4.70. The summed E-state index contributed by atoms with van der Waals surface area (Å²) in [6.07, 6.45) is 0.963. The Bertz CT molecular complexity index is 1310. The van der Waals surface area contributed by atoms with E-state index in [1.54, 1.807) is 11.3 Å². The predicted molar refractivity (Wildman–Crippen MR) is 136 cm³/mol. The second-order valence-corrected chi connectivity index (χ2v) is 12.3. The van der Waals surface area contributed by atoms with Crippen LogP contribution in [0.1, 0.15) is 18.4 Å². The number of thiazole rings is 1. The predicted octanol–water partition coefficient (Wildman–Crippen LogP) is 4.15. The van der Waals surface area contributed by atoms with Crippen LogP contribution in [0.4, 0.5) is 9.52 Å². The highest BCUT2D eigenvalue weighted by Crippen LogP contribution is 2.36. The number of aryl methyl sites for hydroxylation is 1. The maximum atomic E-state index is 13.2. The minimum absolute atomic E-state index is 0.0751. The molecule has 186 valence electrons. The van der Waals surface area contributed by atoms with Gasteiger partial charge >= 0.3 is 0 Å². The number of fused-ring (bicyclic) bond motifs is 1. The van der Waals surface area contributed by atoms with Crippen LogP contribution >= 0.6 is 22.9 Å². The first-order valence-corrected chi connectivity index (χ1v) is 14.2. The number of sulfonamides is 1. The van der Waals surface area contributed by atoms with Crippen molar-refractivity contribution in [2.75, 3.05) is 44.2 Å². The largest absolute Gasteiger partial charge is 0.345 e. The van der Waals surface area contributed by atoms with Crippen LogP contribution < -0.4 is 4.90 Å². The van der Waals surface area contributed by atoms with E-state index in [0.717, 1.165) is 33.0 Å². The Labute approximate surface area is 213 Å². The topological polar surface area (TPSA) is 73.8 Å². The summed E-state index contributed by atoms with van der Waals surface area (Å²) >= 11 is 7.93. The van der Waals surface area contributed by atoms with Crippen molar-refractivity contribution in [3.05, 3.63) is 52.8 Å². The molecule has 35 heavy (non-hydrogen) atoms. The molecule has 2 aromatic carbocycles. The smallest absolute Gasteiger partial charge is 0.243 e. The highest BCUT2D eigenvalue weighted by Gasteiger charge is 2.35. The van der Waals surface area contributed by atoms with E-state index < -0.39 is 15.8 Å². The first-order valence-electron chi connectivity index (χ1n) is 11.6. The molecule has 1 aromatic heterocycles. The van der Waals surface area contributed by atoms with Crippen molar-refractivity contribution in [1.82, 2.24) is 14.2 Å². The third-order valence-electron chi connectivity index (χ3n) is 6.80. The molecular formula is C24H26ClFN4O3S2. The van der Waals surface area contributed by atoms with Crippen LogP contribution in [-0.2, 0) is 14.8 Å². The van der Waals surface area contributed by atoms with Crippen molar-refractivity contribution in [1.29, 1.82) is 0 Å². The number of piperazine rings is 1. The van der Waals surface area contributed by atoms with Gasteiger partial charge in [-0.25, -0.2) is 17.8 Å². The number of carbonyl (C=O) groups excluding carboxylic acids is 1. The molecule has 0 bridgehead atoms. The lowest BCUT2D eigenvalue weighted by molar-refractivity contribution is -0.137. The third-order valence-corrected chi connectivity index (χ3v) is 10.3. The van der Waals surface area contributed by atoms with Gasteiger partial charge in [0, 0.05) is 45.2 Å². The zero-order valence-corrected chi connectivity index (χ0v) is 21.7. The quantitative estimate of drug-likeness (QED) is 0.501. The van der Waals surface area contributed by atoms with E-state index in [2.05, 4.69) is 4.90 Å². The standard InChI is InChI=1S/C24H26ClFN4O3S2/c1-16-2-7-20(25)22-21(16)27-24(34-22)29-14-12-28(13-15-29)23(31)17-8-10-30(11-9-17)35(32,33)19-5-3-18(26)4-6-19/h2-7,17H,8-15H2,1H3. The number of rotatable bonds is 4. The third kappa shape index (κ3) is 4.76. The zero-order valence-electron chi connectivity index (χ0n) is 19.3. The summed E-state index contributed by atoms with van der Waals surface area (Å²) < 4.78 is 41.2. The van der Waals surface area contributed by atoms with Crippen molar-refractivity contribution in [3.63, 3.8) is 0 Å². The Morgan fingerprint density at radius 1 is 1.03 bits per heavy atom. The second-order valence-electron chi connectivity index (χ2n) is 8.98. The number of benzene rings is 2. The number of halogens is 2. The Balaban J connectivity index is 1.17. The molecule has 5 rings (SSSR count). The second kappa shape index (κ2) is 9.65. The van der Waals surface area contributed by atoms with E-state index >= 15 is 0 Å². The number of hydrogen-bond acceptors (Lipinski definition) is 6. The lowest BCUT2D eigenvalue weighted by Crippen LogP contribution is -2.52. The normalized spacial score (nSPS) is 18.4. The maximum absolute atomic E-state index is 13.2. The molecule has 2 saturated heterocycles. The van der Waals surface area contributed by atoms with Gasteiger partial charge in [-0.15, -0.1) is 0 Å². The molecule has 7 nitrogen and oxygen atoms in total. The van der Waals surface area contributed by atoms with Gasteiger partial charge in [-0.1, -0.05) is 29.0 Å². The summed E-state index contributed by atoms with van der Waals surface area (Å²) in [4.78, 5) is 22.1. The molecular weight excluding hydrogens is 511 g/mol. The van der Waals surface area contributed by atoms with E-state index in [4.69, 9.17) is 16.6 Å². The van der Waals surface area contributed by atoms with E-state index in [1.165, 1.54) is 16.4 Å². The van der Waals surface area contributed by atoms with Gasteiger partial charge in [-0.05, 0) is 55.7 Å². The molecule has 0 spiro atoms. The van der Waals surface area contributed by atoms with Gasteiger partial charge in [0.15, 0.2) is 5.13 Å². The van der Waals surface area contributed by atoms with E-state index in [9.17, 15) is 17.6 Å². The molecule has 0 atom stereocenters. The lowest BCUT2D eigenvalue weighted by Gasteiger charge is -2.38. The minimum atomic E-state index is -3.69. The Morgan fingerprint density at radius 3 is 2.31 bits per heavy atom. The van der Waals surface area contributed by atoms with Crippen molar-refractivity contribution in [3.8, 4) is 0 Å². The first kappa shape index (κ1) is 24.4. The average Bonchev–Trinajstić information content (AvgIpc) is 3.33. The maximum Gasteiger partial charge on any atom is 0.243 e. The van der Waals surface area contributed by atoms with E-state index in [0.29, 0.717) is 44.0 Å². The van der Waals surface area contributed by atoms with Gasteiger partial charge in [-0.2, -0.15) is 4.31 Å². The minimum Gasteiger partial charge on any atom is -0.345 e. The number of hydrogen-bond donors (Lipinski definition) is 0. The van der Waals surface area contributed by atoms with Gasteiger partial charge in [0.25, 0.3) is 0 Å². The highest BCUT2D eigenvalue weighted by atomic mass is 35.5. The number of aromatic nitrogens is 1. The Kier molecular flexibility index (Phi) is 6.73. The Hall–Kier alpha value is -2.27. The zero-order chi connectivity index (χ0) is 24.7. The van der Waals surface area contributed by atoms with Crippen LogP contribution in [0.2, 0.25) is 5.02 Å². The fraction of sp³-hybridized carbons (Fsp3) is 0.417. The van der Waals surface area contributed by atoms with Gasteiger partial charge in [0.2, 0.25) is 15.9 Å². The molecule has 2 aliphatic rings. The van der Waals surface area contributed by atoms with Crippen LogP contribution in [0.15, 0.2) is 41.3 Å². The SMILES string of the molecule is Cc1ccc(Cl)c2sc(N3CCN(C(=O)C4CCN(S(=O)(=O)c5ccc(F)cc5)CC4)CC3)nc12. The summed E-state index contributed by atoms with van der Waals surface area (Å²) in [5.74, 6) is -0.577. The molecule has 11 heteroatoms. The average molecular weight is 537 g/mol. The van der Waals surface area contributed by atoms with E-state index in [1.807, 2.05) is 24.0 Å². The number of carbonyl (C=O) groups is 1. The molecule has 0 unspecified atom stereocenters. The van der Waals surface area contributed by atoms with Crippen molar-refractivity contribution >= 4 is 54.2 Å². The van der Waals surface area contributed by atoms with Gasteiger partial charge in [0.1, 0.15) is 5.82 Å². The number of nitrogens with zero attached hydrogens (tertiary/aromatic N) is 4. The lowest BCUT2D eigenvalue weighted by atomic mass is 9.96. The monoisotopic (exact) mass is 536 g/mol. The van der Waals surface area contributed by atoms with Crippen LogP contribution in [0.3, 0.4) is 0 Å². The molecule has 2 aliphatic heterocycles. The number of amides is 1. The van der Waals surface area contributed by atoms with Gasteiger partial charge in [0.05, 0.1) is 20.1 Å². The van der Waals surface area contributed by atoms with E-state index in [-0.39, 0.29) is 29.8 Å². The molecule has 0 radical (unpaired) electrons. The highest BCUT2D eigenvalue weighted by molar-refractivity contribution is 7.89. The molecule has 1 amide bonds. The summed E-state index contributed by atoms with van der Waals surface area (Å²) in [5.41, 5.74) is 2.02. The molecule has 2 fully saturated rings. The molecule has 0 saturated carbocycles. The fourth-order valence-corrected chi connectivity index (χ4v) is 7.54. The molecule has 0 N–H and O–H groups in total. The molecule has 3 heterocycles. The van der Waals surface area contributed by atoms with Gasteiger partial charge in [-0.3, -0.25) is 4.79 Å². The Morgan fingerprint density at radius 2 is 1.69 bits per heavy atom. The van der Waals surface area contributed by atoms with Crippen LogP contribution in [0.5, 0.6) is 0 Å². The van der Waals surface area contributed by atoms with Crippen molar-refractivity contribution in [2.45, 2.75) is 24.7 Å². The van der Waals surface area contributed by atoms with Crippen molar-refractivity contribution in [2.24, 2.45) is 5.92 Å². The first-order chi connectivity index (χ1) is 16.7. The summed E-state index contributed by atoms with van der Waals surface area (Å²) in [5, 5.41) is 1.62. The number of piperidine rings is 1. The number of anilines is 1.